The number of hydrogen-bond donors (Lipinski definition) is 0. The van der Waals surface area contributed by atoms with Crippen molar-refractivity contribution >= 4 is 7.85 Å². The normalized spacial score (nSPS) is 16.7. The zero-order valence-electron chi connectivity index (χ0n) is 13.1. The highest BCUT2D eigenvalue weighted by molar-refractivity contribution is 6.14. The summed E-state index contributed by atoms with van der Waals surface area (Å²) < 4.78 is 0. The fourth-order valence-electron chi connectivity index (χ4n) is 2.35. The monoisotopic (exact) mass is 238 g/mol. The van der Waals surface area contributed by atoms with Crippen LogP contribution in [0.1, 0.15) is 91.9 Å². The predicted octanol–water partition coefficient (Wildman–Crippen LogP) is 5.38. The fourth-order valence-corrected chi connectivity index (χ4v) is 2.35. The average Bonchev–Trinajstić information content (AvgIpc) is 2.30. The van der Waals surface area contributed by atoms with Gasteiger partial charge in [0.2, 0.25) is 0 Å². The highest BCUT2D eigenvalue weighted by Crippen LogP contribution is 2.35. The molecule has 0 saturated carbocycles. The van der Waals surface area contributed by atoms with E-state index in [2.05, 4.69) is 35.5 Å². The van der Waals surface area contributed by atoms with Gasteiger partial charge in [0.25, 0.3) is 0 Å². The van der Waals surface area contributed by atoms with Crippen molar-refractivity contribution in [1.29, 1.82) is 0 Å². The molecular formula is C16H35B. The zero-order chi connectivity index (χ0) is 13.1. The Balaban J connectivity index is 3.49. The van der Waals surface area contributed by atoms with Gasteiger partial charge in [0.1, 0.15) is 7.85 Å². The van der Waals surface area contributed by atoms with Crippen LogP contribution in [0.15, 0.2) is 0 Å². The van der Waals surface area contributed by atoms with Gasteiger partial charge in [-0.2, -0.15) is 0 Å². The summed E-state index contributed by atoms with van der Waals surface area (Å²) in [5, 5.41) is 0.578. The first-order valence-corrected chi connectivity index (χ1v) is 8.02. The van der Waals surface area contributed by atoms with Crippen LogP contribution in [0, 0.1) is 5.92 Å². The van der Waals surface area contributed by atoms with Gasteiger partial charge in [-0.3, -0.25) is 0 Å². The first kappa shape index (κ1) is 17.1. The van der Waals surface area contributed by atoms with Crippen molar-refractivity contribution in [2.24, 2.45) is 5.92 Å². The van der Waals surface area contributed by atoms with E-state index in [9.17, 15) is 0 Å². The third kappa shape index (κ3) is 10.9. The molecule has 0 fully saturated rings. The summed E-state index contributed by atoms with van der Waals surface area (Å²) >= 11 is 0. The predicted molar refractivity (Wildman–Crippen MR) is 83.6 cm³/mol. The van der Waals surface area contributed by atoms with Crippen molar-refractivity contribution < 1.29 is 0 Å². The maximum absolute atomic E-state index is 2.46. The fraction of sp³-hybridized carbons (Fsp3) is 1.00. The Morgan fingerprint density at radius 1 is 0.941 bits per heavy atom. The van der Waals surface area contributed by atoms with Crippen LogP contribution in [0.4, 0.5) is 0 Å². The van der Waals surface area contributed by atoms with E-state index in [1.807, 2.05) is 0 Å². The molecule has 0 aromatic rings. The zero-order valence-corrected chi connectivity index (χ0v) is 13.1. The summed E-state index contributed by atoms with van der Waals surface area (Å²) in [6, 6.07) is 0. The van der Waals surface area contributed by atoms with E-state index in [-0.39, 0.29) is 0 Å². The molecule has 2 atom stereocenters. The molecule has 0 spiro atoms. The topological polar surface area (TPSA) is 0 Å². The van der Waals surface area contributed by atoms with E-state index in [4.69, 9.17) is 0 Å². The Bertz CT molecular complexity index is 163. The van der Waals surface area contributed by atoms with Crippen LogP contribution in [-0.4, -0.2) is 7.85 Å². The SMILES string of the molecule is BC(C)(CCCCCCCC)CCC(C)CC. The smallest absolute Gasteiger partial charge is 0.0669 e. The van der Waals surface area contributed by atoms with Crippen LogP contribution in [-0.2, 0) is 0 Å². The number of hydrogen-bond acceptors (Lipinski definition) is 0. The van der Waals surface area contributed by atoms with Gasteiger partial charge in [-0.25, -0.2) is 0 Å². The van der Waals surface area contributed by atoms with Gasteiger partial charge >= 0.3 is 0 Å². The molecule has 1 heteroatoms. The van der Waals surface area contributed by atoms with E-state index in [0.717, 1.165) is 5.92 Å². The molecule has 0 aliphatic carbocycles. The molecule has 0 aliphatic heterocycles. The minimum Gasteiger partial charge on any atom is -0.0669 e. The molecule has 0 saturated heterocycles. The lowest BCUT2D eigenvalue weighted by molar-refractivity contribution is 0.407. The first-order valence-electron chi connectivity index (χ1n) is 8.02. The molecule has 2 unspecified atom stereocenters. The van der Waals surface area contributed by atoms with Crippen molar-refractivity contribution in [2.75, 3.05) is 0 Å². The Morgan fingerprint density at radius 2 is 1.53 bits per heavy atom. The molecule has 0 amide bonds. The van der Waals surface area contributed by atoms with Crippen LogP contribution in [0.5, 0.6) is 0 Å². The van der Waals surface area contributed by atoms with Gasteiger partial charge in [0.05, 0.1) is 0 Å². The minimum atomic E-state index is 0.578. The Morgan fingerprint density at radius 3 is 2.12 bits per heavy atom. The Kier molecular flexibility index (Phi) is 10.1. The maximum atomic E-state index is 2.46. The third-order valence-corrected chi connectivity index (χ3v) is 4.22. The van der Waals surface area contributed by atoms with Crippen molar-refractivity contribution in [2.45, 2.75) is 97.2 Å². The molecule has 102 valence electrons. The standard InChI is InChI=1S/C16H35B/c1-5-7-8-9-10-11-13-16(4,17)14-12-15(3)6-2/h15H,5-14,17H2,1-4H3. The van der Waals surface area contributed by atoms with Crippen LogP contribution in [0.3, 0.4) is 0 Å². The Labute approximate surface area is 111 Å². The van der Waals surface area contributed by atoms with Crippen LogP contribution in [0.2, 0.25) is 5.31 Å². The molecule has 0 bridgehead atoms. The van der Waals surface area contributed by atoms with Crippen LogP contribution in [0.25, 0.3) is 0 Å². The first-order chi connectivity index (χ1) is 8.02. The molecule has 0 aliphatic rings. The molecule has 0 nitrogen and oxygen atoms in total. The molecule has 0 rings (SSSR count). The number of rotatable bonds is 11. The van der Waals surface area contributed by atoms with Crippen molar-refractivity contribution in [1.82, 2.24) is 0 Å². The molecular weight excluding hydrogens is 203 g/mol. The summed E-state index contributed by atoms with van der Waals surface area (Å²) in [6.07, 6.45) is 14.2. The van der Waals surface area contributed by atoms with Crippen molar-refractivity contribution in [3.63, 3.8) is 0 Å². The highest BCUT2D eigenvalue weighted by atomic mass is 14.2. The number of unbranched alkanes of at least 4 members (excludes halogenated alkanes) is 5. The summed E-state index contributed by atoms with van der Waals surface area (Å²) in [7, 11) is 2.46. The minimum absolute atomic E-state index is 0.578. The average molecular weight is 238 g/mol. The van der Waals surface area contributed by atoms with Gasteiger partial charge in [-0.1, -0.05) is 97.2 Å². The van der Waals surface area contributed by atoms with E-state index in [1.54, 1.807) is 0 Å². The van der Waals surface area contributed by atoms with Gasteiger partial charge in [0.15, 0.2) is 0 Å². The van der Waals surface area contributed by atoms with Crippen LogP contribution < -0.4 is 0 Å². The van der Waals surface area contributed by atoms with Gasteiger partial charge < -0.3 is 0 Å². The van der Waals surface area contributed by atoms with Crippen LogP contribution >= 0.6 is 0 Å². The van der Waals surface area contributed by atoms with Gasteiger partial charge in [-0.05, 0) is 5.92 Å². The molecule has 0 N–H and O–H groups in total. The lowest BCUT2D eigenvalue weighted by atomic mass is 9.64. The highest BCUT2D eigenvalue weighted by Gasteiger charge is 2.17. The molecule has 17 heavy (non-hydrogen) atoms. The van der Waals surface area contributed by atoms with E-state index < -0.39 is 0 Å². The summed E-state index contributed by atoms with van der Waals surface area (Å²) in [4.78, 5) is 0. The third-order valence-electron chi connectivity index (χ3n) is 4.22. The molecule has 0 heterocycles. The lowest BCUT2D eigenvalue weighted by Crippen LogP contribution is -2.10. The van der Waals surface area contributed by atoms with Gasteiger partial charge in [0, 0.05) is 0 Å². The van der Waals surface area contributed by atoms with E-state index >= 15 is 0 Å². The summed E-state index contributed by atoms with van der Waals surface area (Å²) in [6.45, 7) is 9.45. The second-order valence-corrected chi connectivity index (χ2v) is 6.73. The van der Waals surface area contributed by atoms with E-state index in [0.29, 0.717) is 5.31 Å². The van der Waals surface area contributed by atoms with E-state index in [1.165, 1.54) is 64.2 Å². The van der Waals surface area contributed by atoms with Crippen molar-refractivity contribution in [3.8, 4) is 0 Å². The molecule has 0 aromatic heterocycles. The Hall–Kier alpha value is 0.0649. The second kappa shape index (κ2) is 10.0. The molecule has 0 aromatic carbocycles. The largest absolute Gasteiger partial charge is 0.109 e. The quantitative estimate of drug-likeness (QED) is 0.335. The summed E-state index contributed by atoms with van der Waals surface area (Å²) in [5.74, 6) is 0.916. The second-order valence-electron chi connectivity index (χ2n) is 6.73. The lowest BCUT2D eigenvalue weighted by Gasteiger charge is -2.26. The molecule has 0 radical (unpaired) electrons. The maximum Gasteiger partial charge on any atom is 0.109 e. The van der Waals surface area contributed by atoms with Gasteiger partial charge in [-0.15, -0.1) is 0 Å². The van der Waals surface area contributed by atoms with Crippen molar-refractivity contribution in [3.05, 3.63) is 0 Å². The summed E-state index contributed by atoms with van der Waals surface area (Å²) in [5.41, 5.74) is 0.